The van der Waals surface area contributed by atoms with Crippen molar-refractivity contribution in [1.82, 2.24) is 0 Å². The van der Waals surface area contributed by atoms with E-state index in [9.17, 15) is 0 Å². The number of hydrogen-bond donors (Lipinski definition) is 0. The van der Waals surface area contributed by atoms with Crippen molar-refractivity contribution in [3.05, 3.63) is 0 Å². The minimum Gasteiger partial charge on any atom is -0.380 e. The van der Waals surface area contributed by atoms with Crippen LogP contribution >= 0.6 is 0 Å². The fourth-order valence-electron chi connectivity index (χ4n) is 2.12. The van der Waals surface area contributed by atoms with Crippen molar-refractivity contribution in [2.24, 2.45) is 5.92 Å². The van der Waals surface area contributed by atoms with Crippen molar-refractivity contribution in [2.45, 2.75) is 59.1 Å². The van der Waals surface area contributed by atoms with E-state index in [4.69, 9.17) is 18.0 Å². The monoisotopic (exact) mass is 290 g/mol. The van der Waals surface area contributed by atoms with E-state index in [-0.39, 0.29) is 6.10 Å². The van der Waals surface area contributed by atoms with Gasteiger partial charge in [0.2, 0.25) is 0 Å². The molecule has 1 fully saturated rings. The zero-order chi connectivity index (χ0) is 14.1. The summed E-state index contributed by atoms with van der Waals surface area (Å²) in [6.07, 6.45) is 3.20. The summed E-state index contributed by atoms with van der Waals surface area (Å²) in [6.45, 7) is 11.6. The molecule has 1 rings (SSSR count). The van der Waals surface area contributed by atoms with Gasteiger partial charge in [-0.1, -0.05) is 27.7 Å². The fraction of sp³-hybridized carbons (Fsp3) is 1.00. The molecule has 0 radical (unpaired) electrons. The molecule has 5 heteroatoms. The van der Waals surface area contributed by atoms with Gasteiger partial charge in [-0.3, -0.25) is 0 Å². The Morgan fingerprint density at radius 3 is 1.95 bits per heavy atom. The second-order valence-electron chi connectivity index (χ2n) is 5.10. The maximum atomic E-state index is 6.36. The first-order chi connectivity index (χ1) is 9.21. The Bertz CT molecular complexity index is 225. The SMILES string of the molecule is CCCO[Si](CC)(OCCC)OC(CC)C1COC1. The lowest BCUT2D eigenvalue weighted by molar-refractivity contribution is -0.103. The number of ether oxygens (including phenoxy) is 1. The molecule has 1 aliphatic rings. The van der Waals surface area contributed by atoms with Gasteiger partial charge in [-0.2, -0.15) is 0 Å². The zero-order valence-electron chi connectivity index (χ0n) is 12.9. The number of rotatable bonds is 11. The minimum absolute atomic E-state index is 0.217. The largest absolute Gasteiger partial charge is 0.500 e. The molecular weight excluding hydrogens is 260 g/mol. The van der Waals surface area contributed by atoms with E-state index in [2.05, 4.69) is 27.7 Å². The summed E-state index contributed by atoms with van der Waals surface area (Å²) in [5.41, 5.74) is 0. The van der Waals surface area contributed by atoms with Gasteiger partial charge in [-0.15, -0.1) is 0 Å². The molecule has 19 heavy (non-hydrogen) atoms. The third-order valence-electron chi connectivity index (χ3n) is 3.41. The average Bonchev–Trinajstić information content (AvgIpc) is 2.39. The molecule has 0 N–H and O–H groups in total. The first kappa shape index (κ1) is 17.1. The van der Waals surface area contributed by atoms with E-state index >= 15 is 0 Å². The van der Waals surface area contributed by atoms with Crippen LogP contribution in [-0.2, 0) is 18.0 Å². The molecule has 0 aromatic rings. The quantitative estimate of drug-likeness (QED) is 0.547. The molecule has 0 saturated carbocycles. The summed E-state index contributed by atoms with van der Waals surface area (Å²) in [5, 5.41) is 0. The molecule has 1 heterocycles. The molecule has 4 nitrogen and oxygen atoms in total. The summed E-state index contributed by atoms with van der Waals surface area (Å²) in [4.78, 5) is 0. The van der Waals surface area contributed by atoms with Crippen LogP contribution in [0.3, 0.4) is 0 Å². The Labute approximate surface area is 119 Å². The maximum Gasteiger partial charge on any atom is 0.500 e. The topological polar surface area (TPSA) is 36.9 Å². The van der Waals surface area contributed by atoms with E-state index in [1.54, 1.807) is 0 Å². The van der Waals surface area contributed by atoms with Crippen LogP contribution in [0, 0.1) is 5.92 Å². The van der Waals surface area contributed by atoms with Gasteiger partial charge in [0.15, 0.2) is 0 Å². The van der Waals surface area contributed by atoms with Gasteiger partial charge in [-0.05, 0) is 19.3 Å². The van der Waals surface area contributed by atoms with E-state index in [0.29, 0.717) is 5.92 Å². The normalized spacial score (nSPS) is 18.3. The highest BCUT2D eigenvalue weighted by Gasteiger charge is 2.43. The average molecular weight is 290 g/mol. The Morgan fingerprint density at radius 1 is 1.05 bits per heavy atom. The van der Waals surface area contributed by atoms with Gasteiger partial charge in [0, 0.05) is 25.2 Å². The molecule has 0 amide bonds. The lowest BCUT2D eigenvalue weighted by Crippen LogP contribution is -2.52. The highest BCUT2D eigenvalue weighted by atomic mass is 28.4. The van der Waals surface area contributed by atoms with E-state index in [1.165, 1.54) is 0 Å². The van der Waals surface area contributed by atoms with Crippen LogP contribution < -0.4 is 0 Å². The molecule has 0 spiro atoms. The van der Waals surface area contributed by atoms with E-state index < -0.39 is 8.80 Å². The first-order valence-corrected chi connectivity index (χ1v) is 9.67. The minimum atomic E-state index is -2.50. The molecule has 1 aliphatic heterocycles. The first-order valence-electron chi connectivity index (χ1n) is 7.74. The van der Waals surface area contributed by atoms with Gasteiger partial charge in [0.05, 0.1) is 19.3 Å². The van der Waals surface area contributed by atoms with Gasteiger partial charge in [0.1, 0.15) is 0 Å². The van der Waals surface area contributed by atoms with Gasteiger partial charge >= 0.3 is 8.80 Å². The predicted octanol–water partition coefficient (Wildman–Crippen LogP) is 3.24. The van der Waals surface area contributed by atoms with Crippen LogP contribution in [0.2, 0.25) is 6.04 Å². The molecule has 1 unspecified atom stereocenters. The Kier molecular flexibility index (Phi) is 8.17. The van der Waals surface area contributed by atoms with Crippen LogP contribution in [-0.4, -0.2) is 41.3 Å². The summed E-state index contributed by atoms with van der Waals surface area (Å²) in [5.74, 6) is 0.513. The van der Waals surface area contributed by atoms with Crippen molar-refractivity contribution in [1.29, 1.82) is 0 Å². The van der Waals surface area contributed by atoms with Crippen molar-refractivity contribution >= 4 is 8.80 Å². The van der Waals surface area contributed by atoms with Crippen LogP contribution in [0.15, 0.2) is 0 Å². The van der Waals surface area contributed by atoms with Crippen molar-refractivity contribution < 1.29 is 18.0 Å². The smallest absolute Gasteiger partial charge is 0.380 e. The summed E-state index contributed by atoms with van der Waals surface area (Å²) < 4.78 is 23.7. The van der Waals surface area contributed by atoms with E-state index in [0.717, 1.165) is 51.7 Å². The molecule has 0 aromatic heterocycles. The molecule has 0 aromatic carbocycles. The van der Waals surface area contributed by atoms with Gasteiger partial charge in [-0.25, -0.2) is 0 Å². The van der Waals surface area contributed by atoms with Gasteiger partial charge in [0.25, 0.3) is 0 Å². The van der Waals surface area contributed by atoms with Crippen LogP contribution in [0.5, 0.6) is 0 Å². The van der Waals surface area contributed by atoms with Crippen LogP contribution in [0.4, 0.5) is 0 Å². The maximum absolute atomic E-state index is 6.36. The zero-order valence-corrected chi connectivity index (χ0v) is 13.9. The fourth-order valence-corrected chi connectivity index (χ4v) is 4.77. The molecule has 1 saturated heterocycles. The van der Waals surface area contributed by atoms with Crippen molar-refractivity contribution in [3.8, 4) is 0 Å². The highest BCUT2D eigenvalue weighted by Crippen LogP contribution is 2.27. The third kappa shape index (κ3) is 5.15. The summed E-state index contributed by atoms with van der Waals surface area (Å²) >= 11 is 0. The lowest BCUT2D eigenvalue weighted by atomic mass is 9.99. The molecule has 0 bridgehead atoms. The molecule has 114 valence electrons. The molecule has 0 aliphatic carbocycles. The highest BCUT2D eigenvalue weighted by molar-refractivity contribution is 6.60. The van der Waals surface area contributed by atoms with E-state index in [1.807, 2.05) is 0 Å². The van der Waals surface area contributed by atoms with Gasteiger partial charge < -0.3 is 18.0 Å². The second kappa shape index (κ2) is 9.08. The Balaban J connectivity index is 2.62. The van der Waals surface area contributed by atoms with Crippen molar-refractivity contribution in [2.75, 3.05) is 26.4 Å². The third-order valence-corrected chi connectivity index (χ3v) is 6.22. The molecule has 1 atom stereocenters. The van der Waals surface area contributed by atoms with Crippen LogP contribution in [0.1, 0.15) is 47.0 Å². The standard InChI is InChI=1S/C14H30O4Si/c1-5-9-16-19(8-4,17-10-6-2)18-14(7-3)13-11-15-12-13/h13-14H,5-12H2,1-4H3. The second-order valence-corrected chi connectivity index (χ2v) is 7.98. The molecular formula is C14H30O4Si. The summed E-state index contributed by atoms with van der Waals surface area (Å²) in [6, 6.07) is 0.844. The summed E-state index contributed by atoms with van der Waals surface area (Å²) in [7, 11) is -2.50. The van der Waals surface area contributed by atoms with Crippen molar-refractivity contribution in [3.63, 3.8) is 0 Å². The Hall–Kier alpha value is 0.0569. The van der Waals surface area contributed by atoms with Crippen LogP contribution in [0.25, 0.3) is 0 Å². The number of hydrogen-bond acceptors (Lipinski definition) is 4. The predicted molar refractivity (Wildman–Crippen MR) is 78.2 cm³/mol. The Morgan fingerprint density at radius 2 is 1.63 bits per heavy atom. The lowest BCUT2D eigenvalue weighted by Gasteiger charge is -2.38.